The Bertz CT molecular complexity index is 533. The van der Waals surface area contributed by atoms with Crippen molar-refractivity contribution in [1.82, 2.24) is 9.27 Å². The van der Waals surface area contributed by atoms with Crippen molar-refractivity contribution in [3.05, 3.63) is 17.2 Å². The number of aromatic nitrogens is 1. The average molecular weight is 298 g/mol. The molecule has 1 aromatic rings. The number of amides is 3. The van der Waals surface area contributed by atoms with Gasteiger partial charge in [-0.1, -0.05) is 5.57 Å². The van der Waals surface area contributed by atoms with Gasteiger partial charge in [0, 0.05) is 14.1 Å². The van der Waals surface area contributed by atoms with Gasteiger partial charge in [0.15, 0.2) is 0 Å². The number of ether oxygens (including phenoxy) is 1. The molecule has 7 nitrogen and oxygen atoms in total. The van der Waals surface area contributed by atoms with E-state index in [1.807, 2.05) is 19.9 Å². The fraction of sp³-hybridized carbons (Fsp3) is 0.417. The minimum Gasteiger partial charge on any atom is -0.472 e. The van der Waals surface area contributed by atoms with Crippen LogP contribution >= 0.6 is 11.5 Å². The molecule has 0 unspecified atom stereocenters. The molecule has 0 radical (unpaired) electrons. The normalized spacial score (nSPS) is 9.80. The van der Waals surface area contributed by atoms with Crippen LogP contribution in [0, 0.1) is 0 Å². The summed E-state index contributed by atoms with van der Waals surface area (Å²) < 4.78 is 9.39. The minimum absolute atomic E-state index is 0.0901. The number of nitrogens with zero attached hydrogens (tertiary/aromatic N) is 2. The molecule has 0 aliphatic carbocycles. The number of carbonyl (C=O) groups excluding carboxylic acids is 2. The van der Waals surface area contributed by atoms with E-state index in [9.17, 15) is 9.59 Å². The van der Waals surface area contributed by atoms with E-state index in [2.05, 4.69) is 9.69 Å². The highest BCUT2D eigenvalue weighted by atomic mass is 32.1. The minimum atomic E-state index is -0.694. The summed E-state index contributed by atoms with van der Waals surface area (Å²) in [6.45, 7) is 4.15. The van der Waals surface area contributed by atoms with Gasteiger partial charge in [-0.3, -0.25) is 10.1 Å². The monoisotopic (exact) mass is 298 g/mol. The predicted octanol–water partition coefficient (Wildman–Crippen LogP) is 1.68. The van der Waals surface area contributed by atoms with Gasteiger partial charge in [0.2, 0.25) is 5.88 Å². The fourth-order valence-electron chi connectivity index (χ4n) is 1.17. The molecular weight excluding hydrogens is 280 g/mol. The Kier molecular flexibility index (Phi) is 5.51. The lowest BCUT2D eigenvalue weighted by Crippen LogP contribution is -2.28. The van der Waals surface area contributed by atoms with Crippen LogP contribution in [0.25, 0.3) is 0 Å². The molecule has 0 saturated carbocycles. The molecule has 0 bridgehead atoms. The van der Waals surface area contributed by atoms with Gasteiger partial charge < -0.3 is 15.4 Å². The lowest BCUT2D eigenvalue weighted by atomic mass is 10.3. The first-order valence-corrected chi connectivity index (χ1v) is 6.64. The first kappa shape index (κ1) is 16.0. The molecular formula is C12H18N4O3S. The summed E-state index contributed by atoms with van der Waals surface area (Å²) in [5, 5.41) is 2.84. The molecule has 0 atom stereocenters. The van der Waals surface area contributed by atoms with Gasteiger partial charge in [-0.15, -0.1) is 0 Å². The Morgan fingerprint density at radius 3 is 2.60 bits per heavy atom. The van der Waals surface area contributed by atoms with Crippen LogP contribution < -0.4 is 15.8 Å². The topological polar surface area (TPSA) is 97.6 Å². The molecule has 0 fully saturated rings. The van der Waals surface area contributed by atoms with E-state index in [1.165, 1.54) is 4.90 Å². The number of anilines is 1. The van der Waals surface area contributed by atoms with Gasteiger partial charge in [0.05, 0.1) is 0 Å². The van der Waals surface area contributed by atoms with Gasteiger partial charge in [-0.25, -0.2) is 4.79 Å². The maximum Gasteiger partial charge on any atom is 0.321 e. The number of nitrogens with one attached hydrogen (secondary N) is 1. The Labute approximate surface area is 121 Å². The van der Waals surface area contributed by atoms with Gasteiger partial charge in [0.25, 0.3) is 5.91 Å². The van der Waals surface area contributed by atoms with Crippen molar-refractivity contribution < 1.29 is 14.3 Å². The third-order valence-corrected chi connectivity index (χ3v) is 2.99. The number of carbonyl (C=O) groups is 2. The van der Waals surface area contributed by atoms with E-state index in [1.54, 1.807) is 14.1 Å². The highest BCUT2D eigenvalue weighted by Crippen LogP contribution is 2.30. The molecule has 3 amide bonds. The van der Waals surface area contributed by atoms with Crippen molar-refractivity contribution in [3.8, 4) is 5.88 Å². The first-order chi connectivity index (χ1) is 9.32. The maximum absolute atomic E-state index is 11.6. The van der Waals surface area contributed by atoms with Gasteiger partial charge in [-0.2, -0.15) is 4.37 Å². The second-order valence-electron chi connectivity index (χ2n) is 4.47. The Morgan fingerprint density at radius 2 is 2.10 bits per heavy atom. The molecule has 1 rings (SSSR count). The van der Waals surface area contributed by atoms with E-state index in [0.29, 0.717) is 0 Å². The predicted molar refractivity (Wildman–Crippen MR) is 78.3 cm³/mol. The Balaban J connectivity index is 2.92. The van der Waals surface area contributed by atoms with Crippen LogP contribution in [0.3, 0.4) is 0 Å². The first-order valence-electron chi connectivity index (χ1n) is 5.86. The van der Waals surface area contributed by atoms with E-state index in [0.717, 1.165) is 17.1 Å². The Morgan fingerprint density at radius 1 is 1.45 bits per heavy atom. The molecule has 0 saturated heterocycles. The molecule has 110 valence electrons. The van der Waals surface area contributed by atoms with Crippen LogP contribution in [0.2, 0.25) is 0 Å². The zero-order chi connectivity index (χ0) is 15.3. The summed E-state index contributed by atoms with van der Waals surface area (Å²) in [4.78, 5) is 24.4. The van der Waals surface area contributed by atoms with Crippen molar-refractivity contribution in [3.63, 3.8) is 0 Å². The van der Waals surface area contributed by atoms with E-state index in [-0.39, 0.29) is 29.1 Å². The summed E-state index contributed by atoms with van der Waals surface area (Å²) in [5.74, 6) is -0.561. The van der Waals surface area contributed by atoms with Crippen LogP contribution in [0.5, 0.6) is 5.88 Å². The fourth-order valence-corrected chi connectivity index (χ4v) is 1.90. The summed E-state index contributed by atoms with van der Waals surface area (Å²) in [6.07, 6.45) is 1.85. The smallest absolute Gasteiger partial charge is 0.321 e. The van der Waals surface area contributed by atoms with Gasteiger partial charge in [-0.05, 0) is 31.5 Å². The molecule has 1 heterocycles. The van der Waals surface area contributed by atoms with E-state index in [4.69, 9.17) is 10.5 Å². The molecule has 0 aromatic carbocycles. The standard InChI is InChI=1S/C12H18N4O3S/c1-7(2)5-6-19-10-8(9(13)17)11(20-15-10)14-12(18)16(3)4/h5H,6H2,1-4H3,(H2,13,17)(H,14,18). The van der Waals surface area contributed by atoms with Crippen LogP contribution in [-0.4, -0.2) is 41.9 Å². The van der Waals surface area contributed by atoms with E-state index < -0.39 is 5.91 Å². The number of rotatable bonds is 5. The van der Waals surface area contributed by atoms with Crippen molar-refractivity contribution in [2.24, 2.45) is 5.73 Å². The molecule has 0 aliphatic rings. The van der Waals surface area contributed by atoms with E-state index >= 15 is 0 Å². The largest absolute Gasteiger partial charge is 0.472 e. The lowest BCUT2D eigenvalue weighted by Gasteiger charge is -2.11. The number of allylic oxidation sites excluding steroid dienone is 1. The summed E-state index contributed by atoms with van der Waals surface area (Å²) in [6, 6.07) is -0.369. The van der Waals surface area contributed by atoms with Crippen LogP contribution in [-0.2, 0) is 0 Å². The summed E-state index contributed by atoms with van der Waals surface area (Å²) in [5.41, 5.74) is 6.49. The number of primary amides is 1. The van der Waals surface area contributed by atoms with Crippen LogP contribution in [0.1, 0.15) is 24.2 Å². The van der Waals surface area contributed by atoms with Gasteiger partial charge in [0.1, 0.15) is 17.2 Å². The second-order valence-corrected chi connectivity index (χ2v) is 5.25. The molecule has 0 spiro atoms. The lowest BCUT2D eigenvalue weighted by molar-refractivity contribution is 0.0997. The molecule has 3 N–H and O–H groups in total. The van der Waals surface area contributed by atoms with Gasteiger partial charge >= 0.3 is 6.03 Å². The highest BCUT2D eigenvalue weighted by molar-refractivity contribution is 7.11. The zero-order valence-electron chi connectivity index (χ0n) is 11.9. The zero-order valence-corrected chi connectivity index (χ0v) is 12.7. The number of urea groups is 1. The van der Waals surface area contributed by atoms with Crippen molar-refractivity contribution in [1.29, 1.82) is 0 Å². The summed E-state index contributed by atoms with van der Waals surface area (Å²) >= 11 is 0.954. The Hall–Kier alpha value is -2.09. The molecule has 0 aliphatic heterocycles. The van der Waals surface area contributed by atoms with Crippen molar-refractivity contribution >= 4 is 28.5 Å². The second kappa shape index (κ2) is 6.90. The van der Waals surface area contributed by atoms with Crippen molar-refractivity contribution in [2.45, 2.75) is 13.8 Å². The molecule has 20 heavy (non-hydrogen) atoms. The quantitative estimate of drug-likeness (QED) is 0.808. The molecule has 1 aromatic heterocycles. The van der Waals surface area contributed by atoms with Crippen molar-refractivity contribution in [2.75, 3.05) is 26.0 Å². The van der Waals surface area contributed by atoms with Crippen LogP contribution in [0.15, 0.2) is 11.6 Å². The SMILES string of the molecule is CC(C)=CCOc1nsc(NC(=O)N(C)C)c1C(N)=O. The van der Waals surface area contributed by atoms with Crippen LogP contribution in [0.4, 0.5) is 9.80 Å². The number of hydrogen-bond acceptors (Lipinski definition) is 5. The summed E-state index contributed by atoms with van der Waals surface area (Å²) in [7, 11) is 3.18. The number of nitrogens with two attached hydrogens (primary N) is 1. The maximum atomic E-state index is 11.6. The third-order valence-electron chi connectivity index (χ3n) is 2.25. The average Bonchev–Trinajstić information content (AvgIpc) is 2.71. The third kappa shape index (κ3) is 4.23. The highest BCUT2D eigenvalue weighted by Gasteiger charge is 2.22. The number of hydrogen-bond donors (Lipinski definition) is 2. The molecule has 8 heteroatoms.